The Bertz CT molecular complexity index is 1050. The molecule has 1 unspecified atom stereocenters. The lowest BCUT2D eigenvalue weighted by Crippen LogP contribution is -2.39. The van der Waals surface area contributed by atoms with Crippen molar-refractivity contribution >= 4 is 36.2 Å². The van der Waals surface area contributed by atoms with Crippen LogP contribution in [-0.2, 0) is 14.0 Å². The van der Waals surface area contributed by atoms with E-state index < -0.39 is 50.9 Å². The van der Waals surface area contributed by atoms with Crippen LogP contribution >= 0.6 is 19.2 Å². The molecule has 2 aromatic heterocycles. The van der Waals surface area contributed by atoms with E-state index in [-0.39, 0.29) is 17.0 Å². The number of aromatic nitrogens is 4. The lowest BCUT2D eigenvalue weighted by molar-refractivity contribution is -0.157. The van der Waals surface area contributed by atoms with Gasteiger partial charge in [0.05, 0.1) is 12.9 Å². The van der Waals surface area contributed by atoms with Crippen LogP contribution in [-0.4, -0.2) is 87.8 Å². The molecule has 0 radical (unpaired) electrons. The molecule has 16 heteroatoms. The highest BCUT2D eigenvalue weighted by molar-refractivity contribution is 7.53. The summed E-state index contributed by atoms with van der Waals surface area (Å²) in [6, 6.07) is 0.211. The molecule has 1 aliphatic carbocycles. The summed E-state index contributed by atoms with van der Waals surface area (Å²) in [4.78, 5) is 30.7. The first-order valence-corrected chi connectivity index (χ1v) is 12.2. The Labute approximate surface area is 191 Å². The molecule has 0 amide bonds. The Kier molecular flexibility index (Phi) is 6.93. The van der Waals surface area contributed by atoms with Crippen molar-refractivity contribution < 1.29 is 43.5 Å². The minimum atomic E-state index is -5.49. The number of nitrogens with one attached hydrogen (secondary N) is 1. The van der Waals surface area contributed by atoms with E-state index in [1.807, 2.05) is 0 Å². The number of rotatable bonds is 8. The van der Waals surface area contributed by atoms with Crippen LogP contribution in [0.15, 0.2) is 6.33 Å². The maximum atomic E-state index is 14.3. The summed E-state index contributed by atoms with van der Waals surface area (Å²) in [5, 5.41) is 33.0. The Hall–Kier alpha value is -1.48. The summed E-state index contributed by atoms with van der Waals surface area (Å²) in [5.41, 5.74) is -3.11. The molecule has 1 saturated heterocycles. The molecule has 2 aliphatic rings. The second kappa shape index (κ2) is 9.29. The lowest BCUT2D eigenvalue weighted by atomic mass is 10.1. The number of alkyl halides is 1. The zero-order valence-electron chi connectivity index (χ0n) is 17.2. The van der Waals surface area contributed by atoms with Crippen molar-refractivity contribution in [1.29, 1.82) is 0 Å². The van der Waals surface area contributed by atoms with E-state index in [1.54, 1.807) is 0 Å². The zero-order valence-corrected chi connectivity index (χ0v) is 18.8. The molecule has 33 heavy (non-hydrogen) atoms. The number of ether oxygens (including phenoxy) is 2. The molecule has 0 aromatic carbocycles. The summed E-state index contributed by atoms with van der Waals surface area (Å²) in [7, 11) is -5.49. The largest absolute Gasteiger partial charge is 0.392 e. The van der Waals surface area contributed by atoms with Crippen molar-refractivity contribution in [2.45, 2.75) is 61.9 Å². The molecule has 5 atom stereocenters. The highest BCUT2D eigenvalue weighted by Gasteiger charge is 2.52. The molecule has 2 fully saturated rings. The Morgan fingerprint density at radius 1 is 1.30 bits per heavy atom. The minimum absolute atomic E-state index is 0.0792. The summed E-state index contributed by atoms with van der Waals surface area (Å²) in [6.45, 7) is -2.49. The molecule has 1 saturated carbocycles. The summed E-state index contributed by atoms with van der Waals surface area (Å²) >= 11 is 6.08. The molecule has 0 spiro atoms. The van der Waals surface area contributed by atoms with Crippen molar-refractivity contribution in [3.63, 3.8) is 0 Å². The fourth-order valence-electron chi connectivity index (χ4n) is 3.97. The third kappa shape index (κ3) is 4.72. The number of anilines is 1. The standard InChI is InChI=1S/C17H24ClFN5O8P/c18-16-22-13(21-8-3-1-2-4-8)10-14(23-16)24(7-20-10)15-12(27)11(26)9(32-15)5-31-17(19,6-25)33(28,29)30/h7-9,11-12,15,25-27H,1-6H2,(H,21,22,23)(H2,28,29,30)/t9-,11-,12-,15-,17?/m1/s1. The lowest BCUT2D eigenvalue weighted by Gasteiger charge is -2.26. The van der Waals surface area contributed by atoms with Crippen LogP contribution < -0.4 is 5.32 Å². The second-order valence-electron chi connectivity index (χ2n) is 8.04. The van der Waals surface area contributed by atoms with Gasteiger partial charge in [-0.05, 0) is 24.4 Å². The van der Waals surface area contributed by atoms with Crippen LogP contribution in [0.1, 0.15) is 31.9 Å². The fraction of sp³-hybridized carbons (Fsp3) is 0.706. The molecular formula is C17H24ClFN5O8P. The van der Waals surface area contributed by atoms with Gasteiger partial charge in [0, 0.05) is 6.04 Å². The van der Waals surface area contributed by atoms with Crippen LogP contribution in [0.2, 0.25) is 5.28 Å². The maximum absolute atomic E-state index is 14.3. The molecule has 184 valence electrons. The average molecular weight is 512 g/mol. The quantitative estimate of drug-likeness (QED) is 0.209. The smallest absolute Gasteiger partial charge is 0.390 e. The number of hydrogen-bond acceptors (Lipinski definition) is 10. The van der Waals surface area contributed by atoms with Crippen LogP contribution in [0, 0.1) is 0 Å². The monoisotopic (exact) mass is 511 g/mol. The molecule has 2 aromatic rings. The van der Waals surface area contributed by atoms with Gasteiger partial charge in [0.15, 0.2) is 23.2 Å². The van der Waals surface area contributed by atoms with E-state index in [9.17, 15) is 19.2 Å². The van der Waals surface area contributed by atoms with Crippen LogP contribution in [0.3, 0.4) is 0 Å². The predicted molar refractivity (Wildman–Crippen MR) is 111 cm³/mol. The van der Waals surface area contributed by atoms with Crippen molar-refractivity contribution in [1.82, 2.24) is 19.5 Å². The van der Waals surface area contributed by atoms with E-state index in [0.717, 1.165) is 25.7 Å². The first kappa shape index (κ1) is 24.6. The Balaban J connectivity index is 1.56. The molecular weight excluding hydrogens is 488 g/mol. The third-order valence-electron chi connectivity index (χ3n) is 5.80. The number of nitrogens with zero attached hydrogens (tertiary/aromatic N) is 4. The highest BCUT2D eigenvalue weighted by atomic mass is 35.5. The number of hydrogen-bond donors (Lipinski definition) is 6. The first-order chi connectivity index (χ1) is 15.5. The summed E-state index contributed by atoms with van der Waals surface area (Å²) in [5.74, 6) is 0.412. The van der Waals surface area contributed by atoms with Gasteiger partial charge in [0.25, 0.3) is 0 Å². The zero-order chi connectivity index (χ0) is 24.0. The van der Waals surface area contributed by atoms with Gasteiger partial charge in [0.1, 0.15) is 24.9 Å². The molecule has 3 heterocycles. The van der Waals surface area contributed by atoms with Crippen LogP contribution in [0.4, 0.5) is 10.2 Å². The van der Waals surface area contributed by atoms with Gasteiger partial charge < -0.3 is 39.9 Å². The van der Waals surface area contributed by atoms with Gasteiger partial charge in [-0.2, -0.15) is 14.4 Å². The summed E-state index contributed by atoms with van der Waals surface area (Å²) in [6.07, 6.45) is -0.351. The van der Waals surface area contributed by atoms with Gasteiger partial charge in [-0.15, -0.1) is 0 Å². The molecule has 13 nitrogen and oxygen atoms in total. The van der Waals surface area contributed by atoms with E-state index in [2.05, 4.69) is 25.0 Å². The summed E-state index contributed by atoms with van der Waals surface area (Å²) < 4.78 is 37.0. The maximum Gasteiger partial charge on any atom is 0.392 e. The number of halogens is 2. The number of imidazole rings is 1. The predicted octanol–water partition coefficient (Wildman–Crippen LogP) is 0.263. The first-order valence-electron chi connectivity index (χ1n) is 10.2. The van der Waals surface area contributed by atoms with Crippen molar-refractivity contribution in [2.75, 3.05) is 18.5 Å². The van der Waals surface area contributed by atoms with E-state index in [4.69, 9.17) is 31.2 Å². The number of aliphatic hydroxyl groups excluding tert-OH is 3. The molecule has 4 rings (SSSR count). The molecule has 0 bridgehead atoms. The van der Waals surface area contributed by atoms with Gasteiger partial charge in [-0.3, -0.25) is 9.13 Å². The van der Waals surface area contributed by atoms with Gasteiger partial charge in [-0.1, -0.05) is 12.8 Å². The number of aliphatic hydroxyl groups is 3. The molecule has 6 N–H and O–H groups in total. The normalized spacial score (nSPS) is 28.5. The van der Waals surface area contributed by atoms with Crippen molar-refractivity contribution in [3.05, 3.63) is 11.6 Å². The highest BCUT2D eigenvalue weighted by Crippen LogP contribution is 2.52. The van der Waals surface area contributed by atoms with E-state index in [1.165, 1.54) is 10.9 Å². The minimum Gasteiger partial charge on any atom is -0.390 e. The fourth-order valence-corrected chi connectivity index (χ4v) is 4.56. The van der Waals surface area contributed by atoms with Gasteiger partial charge in [-0.25, -0.2) is 4.98 Å². The topological polar surface area (TPSA) is 192 Å². The van der Waals surface area contributed by atoms with Crippen LogP contribution in [0.5, 0.6) is 0 Å². The number of fused-ring (bicyclic) bond motifs is 1. The third-order valence-corrected chi connectivity index (χ3v) is 7.11. The van der Waals surface area contributed by atoms with E-state index in [0.29, 0.717) is 11.3 Å². The van der Waals surface area contributed by atoms with Gasteiger partial charge >= 0.3 is 13.2 Å². The van der Waals surface area contributed by atoms with Gasteiger partial charge in [0.2, 0.25) is 5.28 Å². The Morgan fingerprint density at radius 3 is 2.64 bits per heavy atom. The van der Waals surface area contributed by atoms with Crippen molar-refractivity contribution in [2.24, 2.45) is 0 Å². The second-order valence-corrected chi connectivity index (χ2v) is 10.1. The average Bonchev–Trinajstić information content (AvgIpc) is 3.47. The van der Waals surface area contributed by atoms with Crippen LogP contribution in [0.25, 0.3) is 11.2 Å². The van der Waals surface area contributed by atoms with E-state index >= 15 is 0 Å². The van der Waals surface area contributed by atoms with Crippen molar-refractivity contribution in [3.8, 4) is 0 Å². The molecule has 1 aliphatic heterocycles. The Morgan fingerprint density at radius 2 is 2.00 bits per heavy atom. The SMILES string of the molecule is O=P(O)(O)C(F)(CO)OC[C@H]1O[C@@H](n2cnc3c(NC4CCCC4)nc(Cl)nc32)[C@H](O)[C@@H]1O.